The number of halogens is 3. The minimum Gasteiger partial charge on any atom is -0.401 e. The van der Waals surface area contributed by atoms with E-state index in [0.29, 0.717) is 17.6 Å². The number of hydrogen-bond acceptors (Lipinski definition) is 6. The number of aromatic amines is 1. The molecule has 3 aromatic heterocycles. The highest BCUT2D eigenvalue weighted by Crippen LogP contribution is 2.35. The van der Waals surface area contributed by atoms with E-state index < -0.39 is 17.6 Å². The number of hydrogen-bond donors (Lipinski definition) is 2. The van der Waals surface area contributed by atoms with Crippen molar-refractivity contribution >= 4 is 34.4 Å². The maximum Gasteiger partial charge on any atom is 0.360 e. The molecule has 0 radical (unpaired) electrons. The molecule has 0 aliphatic heterocycles. The monoisotopic (exact) mass is 563 g/mol. The number of fused-ring (bicyclic) bond motifs is 1. The number of rotatable bonds is 11. The van der Waals surface area contributed by atoms with Crippen LogP contribution in [0, 0.1) is 5.82 Å². The van der Waals surface area contributed by atoms with E-state index >= 15 is 0 Å². The molecule has 9 nitrogen and oxygen atoms in total. The molecule has 0 amide bonds. The highest BCUT2D eigenvalue weighted by molar-refractivity contribution is 6.36. The van der Waals surface area contributed by atoms with E-state index in [0.717, 1.165) is 35.5 Å². The van der Waals surface area contributed by atoms with Crippen LogP contribution in [0.15, 0.2) is 41.6 Å². The zero-order valence-electron chi connectivity index (χ0n) is 22.1. The minimum atomic E-state index is -0.769. The Kier molecular flexibility index (Phi) is 8.46. The Morgan fingerprint density at radius 1 is 1.24 bits per heavy atom. The molecule has 12 heteroatoms. The smallest absolute Gasteiger partial charge is 0.360 e. The van der Waals surface area contributed by atoms with Gasteiger partial charge in [-0.25, -0.2) is 14.2 Å². The fourth-order valence-corrected chi connectivity index (χ4v) is 4.72. The number of aromatic nitrogens is 5. The summed E-state index contributed by atoms with van der Waals surface area (Å²) in [4.78, 5) is 28.1. The van der Waals surface area contributed by atoms with Gasteiger partial charge in [0.15, 0.2) is 11.8 Å². The number of nitrogens with one attached hydrogen (secondary N) is 2. The van der Waals surface area contributed by atoms with Crippen LogP contribution in [-0.2, 0) is 5.54 Å². The van der Waals surface area contributed by atoms with Gasteiger partial charge >= 0.3 is 5.69 Å². The summed E-state index contributed by atoms with van der Waals surface area (Å²) in [5.74, 6) is -0.615. The maximum atomic E-state index is 14.2. The van der Waals surface area contributed by atoms with E-state index in [1.165, 1.54) is 12.1 Å². The van der Waals surface area contributed by atoms with Crippen molar-refractivity contribution in [3.63, 3.8) is 0 Å². The lowest BCUT2D eigenvalue weighted by molar-refractivity contribution is 0.0350. The predicted molar refractivity (Wildman–Crippen MR) is 148 cm³/mol. The molecule has 0 saturated carbocycles. The molecular weight excluding hydrogens is 532 g/mol. The van der Waals surface area contributed by atoms with Crippen LogP contribution < -0.4 is 15.8 Å². The lowest BCUT2D eigenvalue weighted by atomic mass is 10.1. The summed E-state index contributed by atoms with van der Waals surface area (Å²) in [6.45, 7) is 8.62. The van der Waals surface area contributed by atoms with Gasteiger partial charge in [0.25, 0.3) is 0 Å². The number of likely N-dealkylation sites (N-methyl/N-ethyl adjacent to an activating group) is 1. The normalized spacial score (nSPS) is 13.0. The van der Waals surface area contributed by atoms with Crippen molar-refractivity contribution in [1.82, 2.24) is 34.7 Å². The third-order valence-electron chi connectivity index (χ3n) is 6.33. The standard InChI is InChI=1S/C26H32Cl2FN7O2/c1-6-21(22-18(27)7-8-19(29)23(22)28)38-36-20-11-16(12-31-24(20)33-25(36)37)17-13-32-35(14-17)26(2,3)15-30-9-10-34(4)5/h7-8,11-14,21,30H,6,9-10,15H2,1-5H3,(H,31,33,37). The van der Waals surface area contributed by atoms with E-state index in [1.807, 2.05) is 31.9 Å². The third-order valence-corrected chi connectivity index (χ3v) is 7.04. The topological polar surface area (TPSA) is 93.0 Å². The van der Waals surface area contributed by atoms with Crippen molar-refractivity contribution in [3.8, 4) is 11.1 Å². The van der Waals surface area contributed by atoms with E-state index in [4.69, 9.17) is 28.0 Å². The van der Waals surface area contributed by atoms with Crippen molar-refractivity contribution in [1.29, 1.82) is 0 Å². The zero-order valence-corrected chi connectivity index (χ0v) is 23.6. The molecule has 0 aliphatic rings. The van der Waals surface area contributed by atoms with Crippen molar-refractivity contribution in [3.05, 3.63) is 68.7 Å². The summed E-state index contributed by atoms with van der Waals surface area (Å²) in [7, 11) is 4.08. The van der Waals surface area contributed by atoms with Crippen LogP contribution in [-0.4, -0.2) is 63.1 Å². The van der Waals surface area contributed by atoms with Crippen LogP contribution in [0.4, 0.5) is 4.39 Å². The molecule has 3 heterocycles. The van der Waals surface area contributed by atoms with Gasteiger partial charge in [-0.15, -0.1) is 4.73 Å². The average Bonchev–Trinajstić information content (AvgIpc) is 3.49. The molecule has 2 N–H and O–H groups in total. The van der Waals surface area contributed by atoms with Crippen molar-refractivity contribution in [2.75, 3.05) is 33.7 Å². The lowest BCUT2D eigenvalue weighted by Crippen LogP contribution is -2.40. The SMILES string of the molecule is CCC(On1c(=O)[nH]c2ncc(-c3cnn(C(C)(C)CNCCN(C)C)c3)cc21)c1c(Cl)ccc(F)c1Cl. The van der Waals surface area contributed by atoms with Gasteiger partial charge in [0.05, 0.1) is 16.8 Å². The average molecular weight is 564 g/mol. The number of nitrogens with zero attached hydrogens (tertiary/aromatic N) is 5. The van der Waals surface area contributed by atoms with E-state index in [2.05, 4.69) is 39.1 Å². The van der Waals surface area contributed by atoms with Crippen molar-refractivity contribution in [2.45, 2.75) is 38.8 Å². The molecule has 1 unspecified atom stereocenters. The fraction of sp³-hybridized carbons (Fsp3) is 0.423. The molecule has 0 aliphatic carbocycles. The van der Waals surface area contributed by atoms with Crippen LogP contribution >= 0.6 is 23.2 Å². The van der Waals surface area contributed by atoms with Gasteiger partial charge in [-0.3, -0.25) is 9.67 Å². The fourth-order valence-electron chi connectivity index (χ4n) is 4.11. The first-order valence-corrected chi connectivity index (χ1v) is 13.1. The number of pyridine rings is 1. The van der Waals surface area contributed by atoms with Crippen molar-refractivity contribution in [2.24, 2.45) is 0 Å². The first-order valence-electron chi connectivity index (χ1n) is 12.3. The largest absolute Gasteiger partial charge is 0.401 e. The quantitative estimate of drug-likeness (QED) is 0.206. The second-order valence-electron chi connectivity index (χ2n) is 10.0. The molecule has 1 aromatic carbocycles. The molecule has 0 saturated heterocycles. The first-order chi connectivity index (χ1) is 18.0. The van der Waals surface area contributed by atoms with Crippen LogP contribution in [0.25, 0.3) is 22.3 Å². The third kappa shape index (κ3) is 5.88. The highest BCUT2D eigenvalue weighted by atomic mass is 35.5. The van der Waals surface area contributed by atoms with Gasteiger partial charge in [0.1, 0.15) is 11.3 Å². The Morgan fingerprint density at radius 2 is 2.00 bits per heavy atom. The highest BCUT2D eigenvalue weighted by Gasteiger charge is 2.24. The summed E-state index contributed by atoms with van der Waals surface area (Å²) < 4.78 is 17.2. The van der Waals surface area contributed by atoms with Crippen LogP contribution in [0.5, 0.6) is 0 Å². The van der Waals surface area contributed by atoms with Gasteiger partial charge in [-0.1, -0.05) is 30.1 Å². The Balaban J connectivity index is 1.62. The second kappa shape index (κ2) is 11.4. The second-order valence-corrected chi connectivity index (χ2v) is 10.8. The molecule has 1 atom stereocenters. The van der Waals surface area contributed by atoms with Crippen molar-refractivity contribution < 1.29 is 9.23 Å². The predicted octanol–water partition coefficient (Wildman–Crippen LogP) is 4.50. The van der Waals surface area contributed by atoms with Gasteiger partial charge in [-0.2, -0.15) is 5.10 Å². The summed E-state index contributed by atoms with van der Waals surface area (Å²) in [6, 6.07) is 4.40. The van der Waals surface area contributed by atoms with Gasteiger partial charge in [0.2, 0.25) is 0 Å². The Bertz CT molecular complexity index is 1480. The maximum absolute atomic E-state index is 14.2. The number of H-pyrrole nitrogens is 1. The van der Waals surface area contributed by atoms with Gasteiger partial charge in [0, 0.05) is 53.7 Å². The number of benzene rings is 1. The summed E-state index contributed by atoms with van der Waals surface area (Å²) in [5, 5.41) is 8.17. The molecule has 0 bridgehead atoms. The molecule has 0 spiro atoms. The minimum absolute atomic E-state index is 0.137. The molecule has 0 fully saturated rings. The molecule has 4 aromatic rings. The van der Waals surface area contributed by atoms with Gasteiger partial charge < -0.3 is 15.1 Å². The van der Waals surface area contributed by atoms with Crippen LogP contribution in [0.3, 0.4) is 0 Å². The molecule has 38 heavy (non-hydrogen) atoms. The summed E-state index contributed by atoms with van der Waals surface area (Å²) in [5.41, 5.74) is 1.86. The van der Waals surface area contributed by atoms with Crippen LogP contribution in [0.1, 0.15) is 38.9 Å². The number of imidazole rings is 1. The Labute approximate surface area is 230 Å². The van der Waals surface area contributed by atoms with E-state index in [1.54, 1.807) is 18.5 Å². The Morgan fingerprint density at radius 3 is 2.71 bits per heavy atom. The summed E-state index contributed by atoms with van der Waals surface area (Å²) >= 11 is 12.5. The lowest BCUT2D eigenvalue weighted by Gasteiger charge is -2.26. The van der Waals surface area contributed by atoms with E-state index in [9.17, 15) is 9.18 Å². The van der Waals surface area contributed by atoms with Gasteiger partial charge in [-0.05, 0) is 52.6 Å². The Hall–Kier alpha value is -2.92. The molecule has 4 rings (SSSR count). The zero-order chi connectivity index (χ0) is 27.6. The molecule has 204 valence electrons. The first kappa shape index (κ1) is 28.1. The van der Waals surface area contributed by atoms with Crippen LogP contribution in [0.2, 0.25) is 10.0 Å². The van der Waals surface area contributed by atoms with E-state index in [-0.39, 0.29) is 21.1 Å². The molecular formula is C26H32Cl2FN7O2. The summed E-state index contributed by atoms with van der Waals surface area (Å²) in [6.07, 6.45) is 5.01.